The number of hydrogen-bond donors (Lipinski definition) is 0. The van der Waals surface area contributed by atoms with Crippen LogP contribution in [-0.2, 0) is 0 Å². The van der Waals surface area contributed by atoms with E-state index in [0.29, 0.717) is 29.5 Å². The van der Waals surface area contributed by atoms with Crippen LogP contribution in [0.1, 0.15) is 31.1 Å². The van der Waals surface area contributed by atoms with Crippen LogP contribution in [0.5, 0.6) is 5.75 Å². The molecule has 1 aromatic heterocycles. The number of fused-ring (bicyclic) bond motifs is 1. The molecule has 2 aromatic carbocycles. The number of carbonyl (C=O) groups is 1. The van der Waals surface area contributed by atoms with Crippen molar-refractivity contribution in [2.75, 3.05) is 37.7 Å². The number of benzene rings is 2. The summed E-state index contributed by atoms with van der Waals surface area (Å²) in [5.74, 6) is -0.0133. The molecule has 34 heavy (non-hydrogen) atoms. The van der Waals surface area contributed by atoms with Crippen molar-refractivity contribution < 1.29 is 19.4 Å². The lowest BCUT2D eigenvalue weighted by atomic mass is 10.1. The molecule has 0 fully saturated rings. The van der Waals surface area contributed by atoms with Gasteiger partial charge in [0.2, 0.25) is 0 Å². The van der Waals surface area contributed by atoms with E-state index in [1.54, 1.807) is 6.07 Å². The molecule has 0 saturated carbocycles. The maximum Gasteiger partial charge on any atom is 0.277 e. The number of aromatic nitrogens is 1. The number of likely N-dealkylation sites (N-methyl/N-ethyl adjacent to an activating group) is 1. The quantitative estimate of drug-likeness (QED) is 0.285. The minimum Gasteiger partial charge on any atom is -0.492 e. The number of nitrogens with zero attached hydrogens (tertiary/aromatic N) is 5. The number of anilines is 1. The highest BCUT2D eigenvalue weighted by Gasteiger charge is 2.27. The van der Waals surface area contributed by atoms with Gasteiger partial charge in [-0.25, -0.2) is 4.98 Å². The highest BCUT2D eigenvalue weighted by atomic mass is 32.1. The number of ether oxygens (including phenoxy) is 1. The molecule has 0 aliphatic rings. The number of nitro benzene ring substituents is 2. The maximum absolute atomic E-state index is 13.6. The Labute approximate surface area is 199 Å². The molecule has 12 heteroatoms. The van der Waals surface area contributed by atoms with Gasteiger partial charge in [0.05, 0.1) is 32.8 Å². The summed E-state index contributed by atoms with van der Waals surface area (Å²) in [6, 6.07) is 8.44. The van der Waals surface area contributed by atoms with Gasteiger partial charge in [-0.15, -0.1) is 0 Å². The van der Waals surface area contributed by atoms with Crippen LogP contribution in [0.25, 0.3) is 10.2 Å². The largest absolute Gasteiger partial charge is 0.492 e. The first kappa shape index (κ1) is 25.0. The zero-order chi connectivity index (χ0) is 24.8. The molecular formula is C22H25N5O6S. The number of non-ortho nitro benzene ring substituents is 2. The number of nitro groups is 2. The number of amides is 1. The van der Waals surface area contributed by atoms with E-state index in [2.05, 4.69) is 9.88 Å². The summed E-state index contributed by atoms with van der Waals surface area (Å²) in [5, 5.41) is 23.0. The Bertz CT molecular complexity index is 1180. The Hall–Kier alpha value is -3.64. The molecule has 3 aromatic rings. The third-order valence-electron chi connectivity index (χ3n) is 5.25. The van der Waals surface area contributed by atoms with Gasteiger partial charge < -0.3 is 9.64 Å². The number of para-hydroxylation sites is 1. The van der Waals surface area contributed by atoms with Gasteiger partial charge in [-0.05, 0) is 32.1 Å². The maximum atomic E-state index is 13.6. The lowest BCUT2D eigenvalue weighted by Crippen LogP contribution is -2.39. The van der Waals surface area contributed by atoms with Crippen molar-refractivity contribution in [3.8, 4) is 5.75 Å². The molecule has 1 heterocycles. The Balaban J connectivity index is 2.09. The van der Waals surface area contributed by atoms with E-state index in [1.165, 1.54) is 16.2 Å². The summed E-state index contributed by atoms with van der Waals surface area (Å²) in [6.45, 7) is 8.65. The summed E-state index contributed by atoms with van der Waals surface area (Å²) >= 11 is 1.28. The van der Waals surface area contributed by atoms with Gasteiger partial charge >= 0.3 is 0 Å². The zero-order valence-electron chi connectivity index (χ0n) is 19.1. The topological polar surface area (TPSA) is 132 Å². The normalized spacial score (nSPS) is 11.1. The molecule has 0 radical (unpaired) electrons. The highest BCUT2D eigenvalue weighted by molar-refractivity contribution is 7.22. The predicted molar refractivity (Wildman–Crippen MR) is 130 cm³/mol. The second-order valence-electron chi connectivity index (χ2n) is 7.27. The fraction of sp³-hybridized carbons (Fsp3) is 0.364. The van der Waals surface area contributed by atoms with Crippen LogP contribution in [0, 0.1) is 20.2 Å². The van der Waals surface area contributed by atoms with Crippen molar-refractivity contribution in [2.45, 2.75) is 20.8 Å². The Morgan fingerprint density at radius 3 is 2.24 bits per heavy atom. The van der Waals surface area contributed by atoms with Crippen molar-refractivity contribution >= 4 is 44.0 Å². The van der Waals surface area contributed by atoms with Crippen molar-refractivity contribution in [3.63, 3.8) is 0 Å². The van der Waals surface area contributed by atoms with Crippen LogP contribution in [0.3, 0.4) is 0 Å². The van der Waals surface area contributed by atoms with Gasteiger partial charge in [0.25, 0.3) is 17.3 Å². The van der Waals surface area contributed by atoms with Crippen LogP contribution in [0.15, 0.2) is 36.4 Å². The monoisotopic (exact) mass is 487 g/mol. The molecule has 3 rings (SSSR count). The molecule has 0 unspecified atom stereocenters. The second-order valence-corrected chi connectivity index (χ2v) is 8.28. The van der Waals surface area contributed by atoms with Crippen LogP contribution >= 0.6 is 11.3 Å². The van der Waals surface area contributed by atoms with E-state index in [0.717, 1.165) is 36.0 Å². The fourth-order valence-electron chi connectivity index (χ4n) is 3.45. The first-order valence-electron chi connectivity index (χ1n) is 10.8. The predicted octanol–water partition coefficient (Wildman–Crippen LogP) is 4.50. The first-order chi connectivity index (χ1) is 16.3. The van der Waals surface area contributed by atoms with E-state index in [-0.39, 0.29) is 12.1 Å². The number of rotatable bonds is 11. The second kappa shape index (κ2) is 11.0. The van der Waals surface area contributed by atoms with Gasteiger partial charge in [-0.1, -0.05) is 31.3 Å². The SMILES string of the molecule is CCOc1cccc2sc(N(CCN(CC)CC)C(=O)c3cc([N+](=O)[O-])cc([N+](=O)[O-])c3)nc12. The Morgan fingerprint density at radius 1 is 1.03 bits per heavy atom. The van der Waals surface area contributed by atoms with Crippen molar-refractivity contribution in [1.29, 1.82) is 0 Å². The van der Waals surface area contributed by atoms with Crippen molar-refractivity contribution in [1.82, 2.24) is 9.88 Å². The van der Waals surface area contributed by atoms with E-state index in [1.807, 2.05) is 32.9 Å². The number of thiazole rings is 1. The zero-order valence-corrected chi connectivity index (χ0v) is 19.9. The lowest BCUT2D eigenvalue weighted by molar-refractivity contribution is -0.394. The van der Waals surface area contributed by atoms with Crippen molar-refractivity contribution in [3.05, 3.63) is 62.2 Å². The van der Waals surface area contributed by atoms with Crippen LogP contribution in [-0.4, -0.2) is 58.4 Å². The molecule has 11 nitrogen and oxygen atoms in total. The molecule has 0 spiro atoms. The summed E-state index contributed by atoms with van der Waals surface area (Å²) in [6.07, 6.45) is 0. The molecule has 0 aliphatic heterocycles. The molecular weight excluding hydrogens is 462 g/mol. The Kier molecular flexibility index (Phi) is 8.08. The standard InChI is InChI=1S/C22H25N5O6S/c1-4-24(5-2)10-11-25(22-23-20-18(33-6-3)8-7-9-19(20)34-22)21(28)15-12-16(26(29)30)14-17(13-15)27(31)32/h7-9,12-14H,4-6,10-11H2,1-3H3. The number of carbonyl (C=O) groups excluding carboxylic acids is 1. The van der Waals surface area contributed by atoms with E-state index in [4.69, 9.17) is 4.74 Å². The van der Waals surface area contributed by atoms with Crippen LogP contribution < -0.4 is 9.64 Å². The third kappa shape index (κ3) is 5.46. The average molecular weight is 488 g/mol. The average Bonchev–Trinajstić information content (AvgIpc) is 3.26. The van der Waals surface area contributed by atoms with Gasteiger partial charge in [-0.2, -0.15) is 0 Å². The highest BCUT2D eigenvalue weighted by Crippen LogP contribution is 2.35. The minimum atomic E-state index is -0.754. The van der Waals surface area contributed by atoms with Gasteiger partial charge in [0.1, 0.15) is 11.3 Å². The molecule has 0 N–H and O–H groups in total. The summed E-state index contributed by atoms with van der Waals surface area (Å²) < 4.78 is 6.47. The van der Waals surface area contributed by atoms with Crippen LogP contribution in [0.4, 0.5) is 16.5 Å². The number of hydrogen-bond acceptors (Lipinski definition) is 9. The lowest BCUT2D eigenvalue weighted by Gasteiger charge is -2.24. The molecule has 1 amide bonds. The van der Waals surface area contributed by atoms with E-state index >= 15 is 0 Å². The minimum absolute atomic E-state index is 0.148. The van der Waals surface area contributed by atoms with Gasteiger partial charge in [0, 0.05) is 25.2 Å². The van der Waals surface area contributed by atoms with E-state index < -0.39 is 27.1 Å². The van der Waals surface area contributed by atoms with Gasteiger partial charge in [-0.3, -0.25) is 29.9 Å². The smallest absolute Gasteiger partial charge is 0.277 e. The van der Waals surface area contributed by atoms with E-state index in [9.17, 15) is 25.0 Å². The molecule has 0 atom stereocenters. The first-order valence-corrected chi connectivity index (χ1v) is 11.6. The Morgan fingerprint density at radius 2 is 1.68 bits per heavy atom. The summed E-state index contributed by atoms with van der Waals surface area (Å²) in [5.41, 5.74) is -0.590. The van der Waals surface area contributed by atoms with Crippen molar-refractivity contribution in [2.24, 2.45) is 0 Å². The molecule has 180 valence electrons. The third-order valence-corrected chi connectivity index (χ3v) is 6.30. The molecule has 0 aliphatic carbocycles. The summed E-state index contributed by atoms with van der Waals surface area (Å²) in [4.78, 5) is 42.9. The van der Waals surface area contributed by atoms with Crippen LogP contribution in [0.2, 0.25) is 0 Å². The molecule has 0 saturated heterocycles. The summed E-state index contributed by atoms with van der Waals surface area (Å²) in [7, 11) is 0. The molecule has 0 bridgehead atoms. The van der Waals surface area contributed by atoms with Gasteiger partial charge in [0.15, 0.2) is 5.13 Å². The fourth-order valence-corrected chi connectivity index (χ4v) is 4.46.